The minimum absolute atomic E-state index is 0.0157. The summed E-state index contributed by atoms with van der Waals surface area (Å²) >= 11 is 0. The summed E-state index contributed by atoms with van der Waals surface area (Å²) in [5.74, 6) is 1.94. The molecule has 150 valence electrons. The summed E-state index contributed by atoms with van der Waals surface area (Å²) in [5.41, 5.74) is 0.567. The first-order chi connectivity index (χ1) is 13.6. The fourth-order valence-corrected chi connectivity index (χ4v) is 3.05. The topological polar surface area (TPSA) is 95.0 Å². The van der Waals surface area contributed by atoms with Crippen molar-refractivity contribution < 1.29 is 23.7 Å². The third-order valence-corrected chi connectivity index (χ3v) is 4.48. The number of nitrogens with one attached hydrogen (secondary N) is 1. The van der Waals surface area contributed by atoms with E-state index in [1.54, 1.807) is 35.4 Å². The van der Waals surface area contributed by atoms with Crippen molar-refractivity contribution in [3.8, 4) is 23.1 Å². The highest BCUT2D eigenvalue weighted by molar-refractivity contribution is 5.90. The van der Waals surface area contributed by atoms with E-state index in [2.05, 4.69) is 15.5 Å². The Morgan fingerprint density at radius 1 is 1.11 bits per heavy atom. The van der Waals surface area contributed by atoms with Crippen LogP contribution in [0.15, 0.2) is 30.5 Å². The van der Waals surface area contributed by atoms with Crippen molar-refractivity contribution in [2.24, 2.45) is 0 Å². The number of piperidine rings is 1. The quantitative estimate of drug-likeness (QED) is 0.813. The molecular weight excluding hydrogens is 364 g/mol. The summed E-state index contributed by atoms with van der Waals surface area (Å²) in [6, 6.07) is 6.76. The van der Waals surface area contributed by atoms with Crippen molar-refractivity contribution in [1.82, 2.24) is 15.1 Å². The Labute approximate surface area is 163 Å². The second kappa shape index (κ2) is 9.12. The molecule has 1 aromatic carbocycles. The molecule has 1 N–H and O–H groups in total. The third kappa shape index (κ3) is 4.54. The fourth-order valence-electron chi connectivity index (χ4n) is 3.05. The van der Waals surface area contributed by atoms with Gasteiger partial charge in [-0.05, 0) is 6.07 Å². The molecule has 0 bridgehead atoms. The average Bonchev–Trinajstić information content (AvgIpc) is 2.74. The maximum atomic E-state index is 12.6. The molecular formula is C19H24N4O5. The van der Waals surface area contributed by atoms with E-state index in [9.17, 15) is 4.79 Å². The Balaban J connectivity index is 1.58. The summed E-state index contributed by atoms with van der Waals surface area (Å²) in [4.78, 5) is 14.4. The molecule has 9 nitrogen and oxygen atoms in total. The van der Waals surface area contributed by atoms with Gasteiger partial charge in [-0.2, -0.15) is 5.10 Å². The van der Waals surface area contributed by atoms with Crippen LogP contribution in [0.4, 0.5) is 10.5 Å². The molecule has 1 aliphatic rings. The Bertz CT molecular complexity index is 769. The van der Waals surface area contributed by atoms with Crippen molar-refractivity contribution in [2.45, 2.75) is 18.9 Å². The first-order valence-electron chi connectivity index (χ1n) is 8.95. The standard InChI is InChI=1S/C19H24N4O5/c1-25-15-11-13(12-16(26-2)18(15)27-3)21-19(24)23-9-6-14(7-10-23)28-17-5-4-8-20-22-17/h4-5,8,11-12,14H,6-7,9-10H2,1-3H3,(H,21,24). The molecule has 0 spiro atoms. The van der Waals surface area contributed by atoms with E-state index >= 15 is 0 Å². The first kappa shape index (κ1) is 19.5. The lowest BCUT2D eigenvalue weighted by atomic mass is 10.1. The molecule has 1 aromatic heterocycles. The van der Waals surface area contributed by atoms with E-state index in [1.165, 1.54) is 21.3 Å². The number of rotatable bonds is 6. The molecule has 0 aliphatic carbocycles. The van der Waals surface area contributed by atoms with Gasteiger partial charge < -0.3 is 29.2 Å². The number of ether oxygens (including phenoxy) is 4. The predicted molar refractivity (Wildman–Crippen MR) is 102 cm³/mol. The van der Waals surface area contributed by atoms with Gasteiger partial charge in [-0.3, -0.25) is 0 Å². The molecule has 0 saturated carbocycles. The zero-order chi connectivity index (χ0) is 19.9. The molecule has 0 atom stereocenters. The van der Waals surface area contributed by atoms with Crippen LogP contribution in [0.25, 0.3) is 0 Å². The largest absolute Gasteiger partial charge is 0.493 e. The highest BCUT2D eigenvalue weighted by Crippen LogP contribution is 2.40. The van der Waals surface area contributed by atoms with Crippen LogP contribution in [-0.4, -0.2) is 61.7 Å². The Morgan fingerprint density at radius 3 is 2.32 bits per heavy atom. The second-order valence-corrected chi connectivity index (χ2v) is 6.21. The summed E-state index contributed by atoms with van der Waals surface area (Å²) < 4.78 is 21.7. The van der Waals surface area contributed by atoms with Gasteiger partial charge in [0.1, 0.15) is 6.10 Å². The lowest BCUT2D eigenvalue weighted by Gasteiger charge is -2.31. The van der Waals surface area contributed by atoms with Crippen LogP contribution in [0.3, 0.4) is 0 Å². The van der Waals surface area contributed by atoms with Crippen LogP contribution in [0.5, 0.6) is 23.1 Å². The number of anilines is 1. The van der Waals surface area contributed by atoms with Gasteiger partial charge in [-0.25, -0.2) is 4.79 Å². The normalized spacial score (nSPS) is 14.3. The highest BCUT2D eigenvalue weighted by atomic mass is 16.5. The van der Waals surface area contributed by atoms with Gasteiger partial charge in [0, 0.05) is 50.3 Å². The molecule has 2 heterocycles. The van der Waals surface area contributed by atoms with Crippen molar-refractivity contribution in [2.75, 3.05) is 39.7 Å². The average molecular weight is 388 g/mol. The lowest BCUT2D eigenvalue weighted by molar-refractivity contribution is 0.110. The van der Waals surface area contributed by atoms with Gasteiger partial charge in [0.25, 0.3) is 0 Å². The molecule has 1 saturated heterocycles. The maximum Gasteiger partial charge on any atom is 0.321 e. The van der Waals surface area contributed by atoms with Gasteiger partial charge in [-0.15, -0.1) is 5.10 Å². The Hall–Kier alpha value is -3.23. The summed E-state index contributed by atoms with van der Waals surface area (Å²) in [5, 5.41) is 10.6. The van der Waals surface area contributed by atoms with E-state index in [4.69, 9.17) is 18.9 Å². The smallest absolute Gasteiger partial charge is 0.321 e. The van der Waals surface area contributed by atoms with Crippen LogP contribution >= 0.6 is 0 Å². The molecule has 0 radical (unpaired) electrons. The van der Waals surface area contributed by atoms with Crippen molar-refractivity contribution in [3.05, 3.63) is 30.5 Å². The molecule has 2 amide bonds. The predicted octanol–water partition coefficient (Wildman–Crippen LogP) is 2.58. The molecule has 1 aliphatic heterocycles. The lowest BCUT2D eigenvalue weighted by Crippen LogP contribution is -2.43. The number of methoxy groups -OCH3 is 3. The molecule has 9 heteroatoms. The first-order valence-corrected chi connectivity index (χ1v) is 8.95. The van der Waals surface area contributed by atoms with Gasteiger partial charge in [-0.1, -0.05) is 0 Å². The number of hydrogen-bond donors (Lipinski definition) is 1. The van der Waals surface area contributed by atoms with Crippen LogP contribution in [0, 0.1) is 0 Å². The third-order valence-electron chi connectivity index (χ3n) is 4.48. The molecule has 0 unspecified atom stereocenters. The van der Waals surface area contributed by atoms with Crippen LogP contribution < -0.4 is 24.3 Å². The minimum atomic E-state index is -0.188. The number of urea groups is 1. The minimum Gasteiger partial charge on any atom is -0.493 e. The molecule has 2 aromatic rings. The number of aromatic nitrogens is 2. The van der Waals surface area contributed by atoms with E-state index < -0.39 is 0 Å². The summed E-state index contributed by atoms with van der Waals surface area (Å²) in [6.07, 6.45) is 3.06. The SMILES string of the molecule is COc1cc(NC(=O)N2CCC(Oc3cccnn3)CC2)cc(OC)c1OC. The Morgan fingerprint density at radius 2 is 1.79 bits per heavy atom. The number of carbonyl (C=O) groups excluding carboxylic acids is 1. The molecule has 28 heavy (non-hydrogen) atoms. The van der Waals surface area contributed by atoms with Crippen LogP contribution in [-0.2, 0) is 0 Å². The van der Waals surface area contributed by atoms with Gasteiger partial charge in [0.2, 0.25) is 11.6 Å². The van der Waals surface area contributed by atoms with Crippen molar-refractivity contribution in [1.29, 1.82) is 0 Å². The van der Waals surface area contributed by atoms with E-state index in [0.29, 0.717) is 41.9 Å². The maximum absolute atomic E-state index is 12.6. The van der Waals surface area contributed by atoms with Gasteiger partial charge in [0.05, 0.1) is 27.0 Å². The number of nitrogens with zero attached hydrogens (tertiary/aromatic N) is 3. The number of amides is 2. The van der Waals surface area contributed by atoms with E-state index in [0.717, 1.165) is 12.8 Å². The summed E-state index contributed by atoms with van der Waals surface area (Å²) in [7, 11) is 4.60. The van der Waals surface area contributed by atoms with Gasteiger partial charge >= 0.3 is 6.03 Å². The number of benzene rings is 1. The van der Waals surface area contributed by atoms with E-state index in [1.807, 2.05) is 0 Å². The number of carbonyl (C=O) groups is 1. The molecule has 3 rings (SSSR count). The number of likely N-dealkylation sites (tertiary alicyclic amines) is 1. The Kier molecular flexibility index (Phi) is 6.36. The second-order valence-electron chi connectivity index (χ2n) is 6.21. The monoisotopic (exact) mass is 388 g/mol. The highest BCUT2D eigenvalue weighted by Gasteiger charge is 2.25. The van der Waals surface area contributed by atoms with Crippen LogP contribution in [0.2, 0.25) is 0 Å². The van der Waals surface area contributed by atoms with Crippen molar-refractivity contribution in [3.63, 3.8) is 0 Å². The zero-order valence-corrected chi connectivity index (χ0v) is 16.2. The fraction of sp³-hybridized carbons (Fsp3) is 0.421. The van der Waals surface area contributed by atoms with E-state index in [-0.39, 0.29) is 12.1 Å². The van der Waals surface area contributed by atoms with Crippen molar-refractivity contribution >= 4 is 11.7 Å². The molecule has 1 fully saturated rings. The van der Waals surface area contributed by atoms with Crippen LogP contribution in [0.1, 0.15) is 12.8 Å². The zero-order valence-electron chi connectivity index (χ0n) is 16.2. The summed E-state index contributed by atoms with van der Waals surface area (Å²) in [6.45, 7) is 1.17. The number of hydrogen-bond acceptors (Lipinski definition) is 7. The van der Waals surface area contributed by atoms with Gasteiger partial charge in [0.15, 0.2) is 11.5 Å².